The van der Waals surface area contributed by atoms with Crippen LogP contribution in [0.2, 0.25) is 5.02 Å². The highest BCUT2D eigenvalue weighted by Crippen LogP contribution is 2.34. The number of nitrogens with one attached hydrogen (secondary N) is 1. The highest BCUT2D eigenvalue weighted by atomic mass is 35.5. The molecule has 0 saturated carbocycles. The van der Waals surface area contributed by atoms with Gasteiger partial charge in [0.15, 0.2) is 11.5 Å². The van der Waals surface area contributed by atoms with Gasteiger partial charge in [-0.25, -0.2) is 0 Å². The van der Waals surface area contributed by atoms with Crippen LogP contribution < -0.4 is 14.8 Å². The van der Waals surface area contributed by atoms with Gasteiger partial charge in [-0.1, -0.05) is 29.8 Å². The number of nitro groups is 1. The summed E-state index contributed by atoms with van der Waals surface area (Å²) >= 11 is 6.51. The topological polar surface area (TPSA) is 128 Å². The Hall–Kier alpha value is -3.57. The van der Waals surface area contributed by atoms with E-state index in [1.807, 2.05) is 0 Å². The highest BCUT2D eigenvalue weighted by molar-refractivity contribution is 8.18. The van der Waals surface area contributed by atoms with Crippen LogP contribution in [0.15, 0.2) is 47.4 Å². The van der Waals surface area contributed by atoms with Crippen molar-refractivity contribution >= 4 is 52.2 Å². The smallest absolute Gasteiger partial charge is 0.293 e. The summed E-state index contributed by atoms with van der Waals surface area (Å²) in [5.74, 6) is 0.0307. The molecule has 12 heteroatoms. The number of imide groups is 1. The molecule has 10 nitrogen and oxygen atoms in total. The van der Waals surface area contributed by atoms with E-state index in [4.69, 9.17) is 21.1 Å². The zero-order valence-corrected chi connectivity index (χ0v) is 18.4. The van der Waals surface area contributed by atoms with Crippen molar-refractivity contribution in [3.8, 4) is 11.5 Å². The number of carbonyl (C=O) groups is 3. The van der Waals surface area contributed by atoms with Crippen molar-refractivity contribution in [2.75, 3.05) is 19.7 Å². The van der Waals surface area contributed by atoms with Gasteiger partial charge in [0.1, 0.15) is 11.6 Å². The largest absolute Gasteiger partial charge is 0.485 e. The summed E-state index contributed by atoms with van der Waals surface area (Å²) in [4.78, 5) is 48.8. The van der Waals surface area contributed by atoms with Crippen LogP contribution >= 0.6 is 23.4 Å². The van der Waals surface area contributed by atoms with E-state index in [1.165, 1.54) is 24.3 Å². The van der Waals surface area contributed by atoms with Gasteiger partial charge in [-0.3, -0.25) is 29.4 Å². The Labute approximate surface area is 196 Å². The van der Waals surface area contributed by atoms with Crippen LogP contribution in [-0.2, 0) is 9.59 Å². The predicted molar refractivity (Wildman–Crippen MR) is 120 cm³/mol. The first kappa shape index (κ1) is 22.6. The van der Waals surface area contributed by atoms with Crippen molar-refractivity contribution in [1.29, 1.82) is 0 Å². The van der Waals surface area contributed by atoms with Crippen LogP contribution in [0.1, 0.15) is 5.56 Å². The maximum absolute atomic E-state index is 12.6. The van der Waals surface area contributed by atoms with E-state index >= 15 is 0 Å². The lowest BCUT2D eigenvalue weighted by Crippen LogP contribution is -2.46. The van der Waals surface area contributed by atoms with E-state index in [2.05, 4.69) is 5.32 Å². The molecule has 2 heterocycles. The molecule has 0 spiro atoms. The first-order chi connectivity index (χ1) is 15.8. The second-order valence-electron chi connectivity index (χ2n) is 6.96. The fourth-order valence-electron chi connectivity index (χ4n) is 3.16. The standard InChI is InChI=1S/C21H16ClN3O7S/c22-13-6-5-12(9-14(13)25(29)30)10-18-20(27)24(21(28)33-18)8-7-23-19(26)17-11-31-15-3-1-2-4-16(15)32-17/h1-6,9-10,17H,7-8,11H2,(H,23,26)/b18-10-/t17-/m0/s1. The lowest BCUT2D eigenvalue weighted by atomic mass is 10.2. The number of thioether (sulfide) groups is 1. The van der Waals surface area contributed by atoms with Gasteiger partial charge in [0, 0.05) is 19.2 Å². The number of nitrogens with zero attached hydrogens (tertiary/aromatic N) is 2. The first-order valence-corrected chi connectivity index (χ1v) is 10.9. The minimum atomic E-state index is -0.851. The fraction of sp³-hybridized carbons (Fsp3) is 0.190. The number of carbonyl (C=O) groups excluding carboxylic acids is 3. The third kappa shape index (κ3) is 4.94. The fourth-order valence-corrected chi connectivity index (χ4v) is 4.21. The van der Waals surface area contributed by atoms with E-state index < -0.39 is 28.1 Å². The number of amides is 3. The molecule has 0 radical (unpaired) electrons. The van der Waals surface area contributed by atoms with Gasteiger partial charge in [0.05, 0.1) is 9.83 Å². The van der Waals surface area contributed by atoms with Gasteiger partial charge in [-0.2, -0.15) is 0 Å². The molecule has 4 rings (SSSR count). The van der Waals surface area contributed by atoms with E-state index in [1.54, 1.807) is 24.3 Å². The molecule has 1 N–H and O–H groups in total. The zero-order chi connectivity index (χ0) is 23.5. The molecule has 3 amide bonds. The minimum Gasteiger partial charge on any atom is -0.485 e. The molecule has 33 heavy (non-hydrogen) atoms. The SMILES string of the molecule is O=C(NCCN1C(=O)S/C(=C\c2ccc(Cl)c([N+](=O)[O-])c2)C1=O)[C@@H]1COc2ccccc2O1. The molecule has 2 aliphatic rings. The summed E-state index contributed by atoms with van der Waals surface area (Å²) in [6.45, 7) is 0.0249. The van der Waals surface area contributed by atoms with E-state index in [0.29, 0.717) is 28.8 Å². The van der Waals surface area contributed by atoms with Gasteiger partial charge >= 0.3 is 0 Å². The summed E-state index contributed by atoms with van der Waals surface area (Å²) in [7, 11) is 0. The predicted octanol–water partition coefficient (Wildman–Crippen LogP) is 3.24. The van der Waals surface area contributed by atoms with Gasteiger partial charge < -0.3 is 14.8 Å². The molecule has 1 atom stereocenters. The summed E-state index contributed by atoms with van der Waals surface area (Å²) in [5, 5.41) is 13.1. The molecule has 0 aromatic heterocycles. The maximum Gasteiger partial charge on any atom is 0.293 e. The molecule has 1 saturated heterocycles. The van der Waals surface area contributed by atoms with Gasteiger partial charge in [-0.15, -0.1) is 0 Å². The van der Waals surface area contributed by atoms with Crippen LogP contribution in [0, 0.1) is 10.1 Å². The Balaban J connectivity index is 1.34. The normalized spacial score (nSPS) is 18.5. The number of ether oxygens (including phenoxy) is 2. The number of benzene rings is 2. The molecule has 170 valence electrons. The van der Waals surface area contributed by atoms with Crippen molar-refractivity contribution in [2.24, 2.45) is 0 Å². The van der Waals surface area contributed by atoms with Crippen molar-refractivity contribution in [2.45, 2.75) is 6.10 Å². The zero-order valence-electron chi connectivity index (χ0n) is 16.9. The molecule has 0 aliphatic carbocycles. The van der Waals surface area contributed by atoms with Crippen LogP contribution in [0.25, 0.3) is 6.08 Å². The number of hydrogen-bond donors (Lipinski definition) is 1. The minimum absolute atomic E-state index is 0.0259. The monoisotopic (exact) mass is 489 g/mol. The van der Waals surface area contributed by atoms with Gasteiger partial charge in [0.25, 0.3) is 22.7 Å². The molecule has 1 fully saturated rings. The number of fused-ring (bicyclic) bond motifs is 1. The molecular formula is C21H16ClN3O7S. The average molecular weight is 490 g/mol. The van der Waals surface area contributed by atoms with E-state index in [0.717, 1.165) is 4.90 Å². The molecule has 2 aromatic carbocycles. The molecule has 0 unspecified atom stereocenters. The molecule has 2 aliphatic heterocycles. The second kappa shape index (κ2) is 9.51. The number of rotatable bonds is 6. The lowest BCUT2D eigenvalue weighted by Gasteiger charge is -2.25. The molecule has 0 bridgehead atoms. The maximum atomic E-state index is 12.6. The quantitative estimate of drug-likeness (QED) is 0.372. The summed E-state index contributed by atoms with van der Waals surface area (Å²) in [6, 6.07) is 11.1. The number of halogens is 1. The Morgan fingerprint density at radius 3 is 2.79 bits per heavy atom. The number of hydrogen-bond acceptors (Lipinski definition) is 8. The molecular weight excluding hydrogens is 474 g/mol. The third-order valence-electron chi connectivity index (χ3n) is 4.77. The van der Waals surface area contributed by atoms with Crippen molar-refractivity contribution in [1.82, 2.24) is 10.2 Å². The van der Waals surface area contributed by atoms with E-state index in [9.17, 15) is 24.5 Å². The van der Waals surface area contributed by atoms with E-state index in [-0.39, 0.29) is 35.3 Å². The number of para-hydroxylation sites is 2. The first-order valence-electron chi connectivity index (χ1n) is 9.69. The van der Waals surface area contributed by atoms with Gasteiger partial charge in [-0.05, 0) is 41.6 Å². The highest BCUT2D eigenvalue weighted by Gasteiger charge is 2.35. The van der Waals surface area contributed by atoms with Crippen molar-refractivity contribution < 1.29 is 28.8 Å². The van der Waals surface area contributed by atoms with Crippen LogP contribution in [0.4, 0.5) is 10.5 Å². The lowest BCUT2D eigenvalue weighted by molar-refractivity contribution is -0.384. The Bertz CT molecular complexity index is 1190. The van der Waals surface area contributed by atoms with Gasteiger partial charge in [0.2, 0.25) is 6.10 Å². The summed E-state index contributed by atoms with van der Waals surface area (Å²) < 4.78 is 11.1. The Kier molecular flexibility index (Phi) is 6.52. The summed E-state index contributed by atoms with van der Waals surface area (Å²) in [5.41, 5.74) is 0.0588. The van der Waals surface area contributed by atoms with Crippen LogP contribution in [-0.4, -0.2) is 52.7 Å². The second-order valence-corrected chi connectivity index (χ2v) is 8.36. The third-order valence-corrected chi connectivity index (χ3v) is 6.00. The Morgan fingerprint density at radius 1 is 1.27 bits per heavy atom. The van der Waals surface area contributed by atoms with Crippen LogP contribution in [0.3, 0.4) is 0 Å². The van der Waals surface area contributed by atoms with Crippen molar-refractivity contribution in [3.63, 3.8) is 0 Å². The molecule has 2 aromatic rings. The summed E-state index contributed by atoms with van der Waals surface area (Å²) in [6.07, 6.45) is 0.535. The number of nitro benzene ring substituents is 1. The van der Waals surface area contributed by atoms with Crippen LogP contribution in [0.5, 0.6) is 11.5 Å². The average Bonchev–Trinajstić information content (AvgIpc) is 3.07. The van der Waals surface area contributed by atoms with Crippen molar-refractivity contribution in [3.05, 3.63) is 68.1 Å². The Morgan fingerprint density at radius 2 is 2.03 bits per heavy atom.